The minimum Gasteiger partial charge on any atom is -0.486 e. The molecule has 1 aliphatic heterocycles. The SMILES string of the molecule is O=C(O)c1cn2c3c(c(F)c(F)c([N+](=O)[O-])c3c1=O)OCC2CF. The lowest BCUT2D eigenvalue weighted by Gasteiger charge is -2.27. The van der Waals surface area contributed by atoms with E-state index in [1.54, 1.807) is 0 Å². The second-order valence-electron chi connectivity index (χ2n) is 4.99. The Kier molecular flexibility index (Phi) is 3.43. The molecule has 1 aromatic heterocycles. The van der Waals surface area contributed by atoms with Crippen molar-refractivity contribution in [1.82, 2.24) is 4.57 Å². The number of carbonyl (C=O) groups is 1. The first-order valence-corrected chi connectivity index (χ1v) is 6.45. The Hall–Kier alpha value is -3.11. The highest BCUT2D eigenvalue weighted by Crippen LogP contribution is 2.40. The predicted molar refractivity (Wildman–Crippen MR) is 72.2 cm³/mol. The van der Waals surface area contributed by atoms with Crippen molar-refractivity contribution in [1.29, 1.82) is 0 Å². The van der Waals surface area contributed by atoms with Crippen LogP contribution in [0.4, 0.5) is 18.9 Å². The van der Waals surface area contributed by atoms with Crippen LogP contribution in [0.15, 0.2) is 11.0 Å². The van der Waals surface area contributed by atoms with Crippen LogP contribution in [-0.2, 0) is 0 Å². The van der Waals surface area contributed by atoms with Crippen LogP contribution < -0.4 is 10.2 Å². The average Bonchev–Trinajstić information content (AvgIpc) is 2.53. The van der Waals surface area contributed by atoms with Crippen LogP contribution in [-0.4, -0.2) is 33.8 Å². The first-order chi connectivity index (χ1) is 11.3. The van der Waals surface area contributed by atoms with Gasteiger partial charge in [-0.2, -0.15) is 8.78 Å². The van der Waals surface area contributed by atoms with Crippen LogP contribution in [0.3, 0.4) is 0 Å². The van der Waals surface area contributed by atoms with E-state index in [-0.39, 0.29) is 0 Å². The normalized spacial score (nSPS) is 16.0. The van der Waals surface area contributed by atoms with Crippen molar-refractivity contribution in [2.24, 2.45) is 0 Å². The molecule has 1 aliphatic rings. The smallest absolute Gasteiger partial charge is 0.341 e. The Bertz CT molecular complexity index is 971. The summed E-state index contributed by atoms with van der Waals surface area (Å²) in [5, 5.41) is 19.2. The van der Waals surface area contributed by atoms with E-state index in [0.29, 0.717) is 0 Å². The van der Waals surface area contributed by atoms with Gasteiger partial charge in [0.1, 0.15) is 29.7 Å². The van der Waals surface area contributed by atoms with Crippen LogP contribution in [0.25, 0.3) is 10.9 Å². The number of carboxylic acids is 1. The standard InChI is InChI=1S/C13H7F3N2O6/c14-1-4-3-24-12-8(16)7(15)9(18(22)23)6-10(12)17(4)2-5(11(6)19)13(20)21/h2,4H,1,3H2,(H,20,21). The molecule has 0 amide bonds. The van der Waals surface area contributed by atoms with Gasteiger partial charge in [0.2, 0.25) is 17.1 Å². The Balaban J connectivity index is 2.66. The number of alkyl halides is 1. The second-order valence-corrected chi connectivity index (χ2v) is 4.99. The molecule has 126 valence electrons. The van der Waals surface area contributed by atoms with Gasteiger partial charge in [0.05, 0.1) is 11.0 Å². The number of aromatic nitrogens is 1. The second kappa shape index (κ2) is 5.22. The first kappa shape index (κ1) is 15.8. The maximum atomic E-state index is 14.1. The van der Waals surface area contributed by atoms with E-state index < -0.39 is 75.2 Å². The van der Waals surface area contributed by atoms with E-state index in [2.05, 4.69) is 0 Å². The highest BCUT2D eigenvalue weighted by molar-refractivity contribution is 5.99. The minimum atomic E-state index is -1.95. The zero-order valence-corrected chi connectivity index (χ0v) is 11.6. The lowest BCUT2D eigenvalue weighted by molar-refractivity contribution is -0.386. The molecule has 11 heteroatoms. The van der Waals surface area contributed by atoms with Crippen LogP contribution in [0.2, 0.25) is 0 Å². The van der Waals surface area contributed by atoms with Gasteiger partial charge in [0.15, 0.2) is 5.75 Å². The van der Waals surface area contributed by atoms with Gasteiger partial charge >= 0.3 is 11.7 Å². The van der Waals surface area contributed by atoms with Gasteiger partial charge in [-0.25, -0.2) is 9.18 Å². The fourth-order valence-electron chi connectivity index (χ4n) is 2.62. The van der Waals surface area contributed by atoms with E-state index in [0.717, 1.165) is 10.8 Å². The van der Waals surface area contributed by atoms with Crippen LogP contribution in [0.5, 0.6) is 5.75 Å². The summed E-state index contributed by atoms with van der Waals surface area (Å²) in [7, 11) is 0. The number of pyridine rings is 1. The maximum absolute atomic E-state index is 14.1. The molecule has 8 nitrogen and oxygen atoms in total. The number of hydrogen-bond acceptors (Lipinski definition) is 5. The summed E-state index contributed by atoms with van der Waals surface area (Å²) >= 11 is 0. The molecule has 0 saturated heterocycles. The lowest BCUT2D eigenvalue weighted by Crippen LogP contribution is -2.30. The Morgan fingerprint density at radius 2 is 2.12 bits per heavy atom. The molecule has 1 atom stereocenters. The molecule has 1 unspecified atom stereocenters. The fraction of sp³-hybridized carbons (Fsp3) is 0.231. The summed E-state index contributed by atoms with van der Waals surface area (Å²) in [5.41, 5.74) is -4.38. The number of nitro benzene ring substituents is 1. The van der Waals surface area contributed by atoms with Gasteiger partial charge in [-0.05, 0) is 0 Å². The first-order valence-electron chi connectivity index (χ1n) is 6.45. The highest BCUT2D eigenvalue weighted by Gasteiger charge is 2.37. The van der Waals surface area contributed by atoms with Gasteiger partial charge in [0.25, 0.3) is 0 Å². The number of benzene rings is 1. The Morgan fingerprint density at radius 1 is 1.46 bits per heavy atom. The summed E-state index contributed by atoms with van der Waals surface area (Å²) in [5.74, 6) is -6.20. The number of nitro groups is 1. The molecule has 0 radical (unpaired) electrons. The van der Waals surface area contributed by atoms with Gasteiger partial charge < -0.3 is 14.4 Å². The summed E-state index contributed by atoms with van der Waals surface area (Å²) < 4.78 is 47.0. The van der Waals surface area contributed by atoms with E-state index in [4.69, 9.17) is 9.84 Å². The van der Waals surface area contributed by atoms with Gasteiger partial charge in [-0.15, -0.1) is 0 Å². The molecular formula is C13H7F3N2O6. The molecular weight excluding hydrogens is 337 g/mol. The van der Waals surface area contributed by atoms with Gasteiger partial charge in [-0.1, -0.05) is 0 Å². The zero-order chi connectivity index (χ0) is 17.8. The minimum absolute atomic E-state index is 0.464. The Labute approximate surface area is 129 Å². The number of carboxylic acid groups (broad SMARTS) is 1. The van der Waals surface area contributed by atoms with Crippen LogP contribution in [0.1, 0.15) is 16.4 Å². The molecule has 2 heterocycles. The van der Waals surface area contributed by atoms with Gasteiger partial charge in [0, 0.05) is 6.20 Å². The highest BCUT2D eigenvalue weighted by atomic mass is 19.2. The number of ether oxygens (including phenoxy) is 1. The number of rotatable bonds is 3. The number of nitrogens with zero attached hydrogens (tertiary/aromatic N) is 2. The molecule has 0 fully saturated rings. The van der Waals surface area contributed by atoms with Gasteiger partial charge in [-0.3, -0.25) is 14.9 Å². The van der Waals surface area contributed by atoms with E-state index in [9.17, 15) is 32.9 Å². The van der Waals surface area contributed by atoms with Crippen molar-refractivity contribution >= 4 is 22.6 Å². The topological polar surface area (TPSA) is 112 Å². The molecule has 24 heavy (non-hydrogen) atoms. The molecule has 2 aromatic rings. The molecule has 0 spiro atoms. The van der Waals surface area contributed by atoms with Crippen LogP contribution in [0, 0.1) is 21.7 Å². The molecule has 1 aromatic carbocycles. The third-order valence-electron chi connectivity index (χ3n) is 3.69. The Morgan fingerprint density at radius 3 is 2.67 bits per heavy atom. The van der Waals surface area contributed by atoms with E-state index in [1.165, 1.54) is 0 Å². The maximum Gasteiger partial charge on any atom is 0.341 e. The van der Waals surface area contributed by atoms with E-state index >= 15 is 0 Å². The van der Waals surface area contributed by atoms with Crippen molar-refractivity contribution in [3.63, 3.8) is 0 Å². The number of hydrogen-bond donors (Lipinski definition) is 1. The summed E-state index contributed by atoms with van der Waals surface area (Å²) in [6.45, 7) is -1.54. The fourth-order valence-corrected chi connectivity index (χ4v) is 2.62. The molecule has 1 N–H and O–H groups in total. The summed E-state index contributed by atoms with van der Waals surface area (Å²) in [6.07, 6.45) is 0.740. The van der Waals surface area contributed by atoms with Crippen molar-refractivity contribution in [2.75, 3.05) is 13.3 Å². The summed E-state index contributed by atoms with van der Waals surface area (Å²) in [6, 6.07) is -1.15. The molecule has 3 rings (SSSR count). The van der Waals surface area contributed by atoms with Crippen LogP contribution >= 0.6 is 0 Å². The average molecular weight is 344 g/mol. The number of halogens is 3. The quantitative estimate of drug-likeness (QED) is 0.671. The van der Waals surface area contributed by atoms with Crippen molar-refractivity contribution in [3.05, 3.63) is 43.7 Å². The monoisotopic (exact) mass is 344 g/mol. The molecule has 0 bridgehead atoms. The largest absolute Gasteiger partial charge is 0.486 e. The lowest BCUT2D eigenvalue weighted by atomic mass is 10.1. The van der Waals surface area contributed by atoms with Crippen molar-refractivity contribution in [3.8, 4) is 5.75 Å². The third kappa shape index (κ3) is 1.94. The van der Waals surface area contributed by atoms with Crippen molar-refractivity contribution < 1.29 is 32.7 Å². The van der Waals surface area contributed by atoms with Crippen molar-refractivity contribution in [2.45, 2.75) is 6.04 Å². The molecule has 0 aliphatic carbocycles. The summed E-state index contributed by atoms with van der Waals surface area (Å²) in [4.78, 5) is 33.2. The number of aromatic carboxylic acids is 1. The predicted octanol–water partition coefficient (Wildman–Crippen LogP) is 1.79. The van der Waals surface area contributed by atoms with E-state index in [1.807, 2.05) is 0 Å². The molecule has 0 saturated carbocycles. The zero-order valence-electron chi connectivity index (χ0n) is 11.6. The third-order valence-corrected chi connectivity index (χ3v) is 3.69.